The Balaban J connectivity index is 1.37. The Morgan fingerprint density at radius 1 is 1.03 bits per heavy atom. The number of hydrogen-bond donors (Lipinski definition) is 2. The number of piperazine rings is 1. The summed E-state index contributed by atoms with van der Waals surface area (Å²) in [5.74, 6) is 0.809. The third-order valence-corrected chi connectivity index (χ3v) is 5.52. The van der Waals surface area contributed by atoms with Gasteiger partial charge in [0.25, 0.3) is 0 Å². The number of guanidine groups is 1. The second kappa shape index (κ2) is 12.4. The standard InChI is InChI=1S/C22H36N6O2/c1-2-23-22(24-9-6-10-26-15-17-30-18-16-26)25-19-21(29)28-13-11-27(12-14-28)20-7-4-3-5-8-20/h3-5,7-8H,2,6,9-19H2,1H3,(H2,23,24,25). The minimum absolute atomic E-state index is 0.0910. The summed E-state index contributed by atoms with van der Waals surface area (Å²) in [6.07, 6.45) is 1.04. The molecule has 0 spiro atoms. The van der Waals surface area contributed by atoms with Crippen molar-refractivity contribution < 1.29 is 9.53 Å². The average molecular weight is 417 g/mol. The molecule has 1 amide bonds. The molecule has 30 heavy (non-hydrogen) atoms. The third-order valence-electron chi connectivity index (χ3n) is 5.52. The van der Waals surface area contributed by atoms with E-state index in [-0.39, 0.29) is 12.5 Å². The van der Waals surface area contributed by atoms with Crippen LogP contribution in [0.25, 0.3) is 0 Å². The van der Waals surface area contributed by atoms with Crippen LogP contribution in [0.4, 0.5) is 5.69 Å². The highest BCUT2D eigenvalue weighted by atomic mass is 16.5. The van der Waals surface area contributed by atoms with Crippen molar-refractivity contribution in [2.75, 3.05) is 83.6 Å². The van der Waals surface area contributed by atoms with Gasteiger partial charge in [0.1, 0.15) is 6.54 Å². The molecule has 0 aromatic heterocycles. The number of para-hydroxylation sites is 1. The van der Waals surface area contributed by atoms with Gasteiger partial charge in [0.15, 0.2) is 5.96 Å². The highest BCUT2D eigenvalue weighted by Gasteiger charge is 2.21. The highest BCUT2D eigenvalue weighted by Crippen LogP contribution is 2.15. The predicted octanol–water partition coefficient (Wildman–Crippen LogP) is 0.613. The van der Waals surface area contributed by atoms with E-state index >= 15 is 0 Å². The van der Waals surface area contributed by atoms with E-state index in [1.165, 1.54) is 5.69 Å². The van der Waals surface area contributed by atoms with Gasteiger partial charge in [-0.1, -0.05) is 18.2 Å². The van der Waals surface area contributed by atoms with Crippen molar-refractivity contribution in [1.29, 1.82) is 0 Å². The minimum atomic E-state index is 0.0910. The fourth-order valence-electron chi connectivity index (χ4n) is 3.78. The van der Waals surface area contributed by atoms with Gasteiger partial charge in [0, 0.05) is 58.0 Å². The Kier molecular flexibility index (Phi) is 9.24. The Labute approximate surface area is 180 Å². The molecule has 2 saturated heterocycles. The summed E-state index contributed by atoms with van der Waals surface area (Å²) in [4.78, 5) is 23.8. The largest absolute Gasteiger partial charge is 0.379 e. The first-order chi connectivity index (χ1) is 14.8. The van der Waals surface area contributed by atoms with Gasteiger partial charge in [-0.05, 0) is 32.0 Å². The van der Waals surface area contributed by atoms with Gasteiger partial charge < -0.3 is 25.2 Å². The van der Waals surface area contributed by atoms with E-state index in [1.807, 2.05) is 17.9 Å². The van der Waals surface area contributed by atoms with Crippen molar-refractivity contribution in [3.05, 3.63) is 30.3 Å². The molecule has 2 aliphatic rings. The van der Waals surface area contributed by atoms with Crippen LogP contribution in [-0.2, 0) is 9.53 Å². The summed E-state index contributed by atoms with van der Waals surface area (Å²) in [5, 5.41) is 6.58. The summed E-state index contributed by atoms with van der Waals surface area (Å²) >= 11 is 0. The number of anilines is 1. The molecule has 2 heterocycles. The van der Waals surface area contributed by atoms with Gasteiger partial charge in [-0.2, -0.15) is 0 Å². The van der Waals surface area contributed by atoms with Crippen molar-refractivity contribution >= 4 is 17.6 Å². The highest BCUT2D eigenvalue weighted by molar-refractivity contribution is 5.85. The number of morpholine rings is 1. The monoisotopic (exact) mass is 416 g/mol. The summed E-state index contributed by atoms with van der Waals surface area (Å²) in [6, 6.07) is 10.4. The van der Waals surface area contributed by atoms with E-state index in [9.17, 15) is 4.79 Å². The zero-order valence-corrected chi connectivity index (χ0v) is 18.2. The van der Waals surface area contributed by atoms with Crippen molar-refractivity contribution in [3.8, 4) is 0 Å². The molecule has 2 fully saturated rings. The fraction of sp³-hybridized carbons (Fsp3) is 0.636. The lowest BCUT2D eigenvalue weighted by Gasteiger charge is -2.36. The molecule has 2 aliphatic heterocycles. The quantitative estimate of drug-likeness (QED) is 0.368. The zero-order chi connectivity index (χ0) is 21.0. The molecule has 0 aliphatic carbocycles. The lowest BCUT2D eigenvalue weighted by molar-refractivity contribution is -0.129. The molecular weight excluding hydrogens is 380 g/mol. The van der Waals surface area contributed by atoms with E-state index in [0.717, 1.165) is 84.5 Å². The maximum absolute atomic E-state index is 12.6. The topological polar surface area (TPSA) is 72.4 Å². The number of hydrogen-bond acceptors (Lipinski definition) is 5. The molecule has 1 aromatic rings. The molecule has 3 rings (SSSR count). The SMILES string of the molecule is CCNC(=NCC(=O)N1CCN(c2ccccc2)CC1)NCCCN1CCOCC1. The predicted molar refractivity (Wildman–Crippen MR) is 121 cm³/mol. The molecule has 1 aromatic carbocycles. The van der Waals surface area contributed by atoms with Gasteiger partial charge in [0.2, 0.25) is 5.91 Å². The second-order valence-corrected chi connectivity index (χ2v) is 7.63. The van der Waals surface area contributed by atoms with Crippen LogP contribution < -0.4 is 15.5 Å². The number of aliphatic imine (C=N–C) groups is 1. The lowest BCUT2D eigenvalue weighted by Crippen LogP contribution is -2.49. The van der Waals surface area contributed by atoms with E-state index in [1.54, 1.807) is 0 Å². The van der Waals surface area contributed by atoms with Crippen LogP contribution in [0.3, 0.4) is 0 Å². The third kappa shape index (κ3) is 7.18. The van der Waals surface area contributed by atoms with E-state index in [2.05, 4.69) is 49.7 Å². The molecule has 0 unspecified atom stereocenters. The summed E-state index contributed by atoms with van der Waals surface area (Å²) in [7, 11) is 0. The smallest absolute Gasteiger partial charge is 0.244 e. The van der Waals surface area contributed by atoms with Gasteiger partial charge in [-0.25, -0.2) is 4.99 Å². The Bertz CT molecular complexity index is 655. The van der Waals surface area contributed by atoms with E-state index in [0.29, 0.717) is 0 Å². The molecule has 0 saturated carbocycles. The van der Waals surface area contributed by atoms with Crippen molar-refractivity contribution in [2.45, 2.75) is 13.3 Å². The van der Waals surface area contributed by atoms with Crippen LogP contribution >= 0.6 is 0 Å². The first-order valence-electron chi connectivity index (χ1n) is 11.2. The number of nitrogens with one attached hydrogen (secondary N) is 2. The maximum atomic E-state index is 12.6. The van der Waals surface area contributed by atoms with Crippen LogP contribution in [0, 0.1) is 0 Å². The van der Waals surface area contributed by atoms with Gasteiger partial charge in [0.05, 0.1) is 13.2 Å². The van der Waals surface area contributed by atoms with Crippen molar-refractivity contribution in [1.82, 2.24) is 20.4 Å². The molecule has 0 bridgehead atoms. The molecule has 0 radical (unpaired) electrons. The number of amides is 1. The molecule has 8 heteroatoms. The molecule has 2 N–H and O–H groups in total. The lowest BCUT2D eigenvalue weighted by atomic mass is 10.2. The number of rotatable bonds is 8. The van der Waals surface area contributed by atoms with Crippen LogP contribution in [0.2, 0.25) is 0 Å². The first kappa shape index (κ1) is 22.4. The number of carbonyl (C=O) groups excluding carboxylic acids is 1. The number of benzene rings is 1. The summed E-state index contributed by atoms with van der Waals surface area (Å²) in [6.45, 7) is 11.8. The second-order valence-electron chi connectivity index (χ2n) is 7.63. The Hall–Kier alpha value is -2.32. The number of carbonyl (C=O) groups is 1. The van der Waals surface area contributed by atoms with Gasteiger partial charge >= 0.3 is 0 Å². The Morgan fingerprint density at radius 3 is 2.47 bits per heavy atom. The molecular formula is C22H36N6O2. The number of nitrogens with zero attached hydrogens (tertiary/aromatic N) is 4. The number of ether oxygens (including phenoxy) is 1. The first-order valence-corrected chi connectivity index (χ1v) is 11.2. The molecule has 8 nitrogen and oxygen atoms in total. The normalized spacial score (nSPS) is 18.4. The van der Waals surface area contributed by atoms with Crippen molar-refractivity contribution in [2.24, 2.45) is 4.99 Å². The van der Waals surface area contributed by atoms with Crippen LogP contribution in [0.1, 0.15) is 13.3 Å². The molecule has 0 atom stereocenters. The van der Waals surface area contributed by atoms with Crippen molar-refractivity contribution in [3.63, 3.8) is 0 Å². The maximum Gasteiger partial charge on any atom is 0.244 e. The minimum Gasteiger partial charge on any atom is -0.379 e. The van der Waals surface area contributed by atoms with E-state index in [4.69, 9.17) is 4.74 Å². The van der Waals surface area contributed by atoms with Crippen LogP contribution in [-0.4, -0.2) is 100 Å². The van der Waals surface area contributed by atoms with E-state index < -0.39 is 0 Å². The molecule has 166 valence electrons. The Morgan fingerprint density at radius 2 is 1.77 bits per heavy atom. The van der Waals surface area contributed by atoms with Gasteiger partial charge in [-0.15, -0.1) is 0 Å². The summed E-state index contributed by atoms with van der Waals surface area (Å²) in [5.41, 5.74) is 1.22. The zero-order valence-electron chi connectivity index (χ0n) is 18.2. The average Bonchev–Trinajstić information content (AvgIpc) is 2.81. The summed E-state index contributed by atoms with van der Waals surface area (Å²) < 4.78 is 5.38. The van der Waals surface area contributed by atoms with Crippen LogP contribution in [0.5, 0.6) is 0 Å². The van der Waals surface area contributed by atoms with Crippen LogP contribution in [0.15, 0.2) is 35.3 Å². The van der Waals surface area contributed by atoms with Gasteiger partial charge in [-0.3, -0.25) is 9.69 Å². The fourth-order valence-corrected chi connectivity index (χ4v) is 3.78.